The van der Waals surface area contributed by atoms with Crippen LogP contribution in [0.1, 0.15) is 27.2 Å². The van der Waals surface area contributed by atoms with Crippen LogP contribution >= 0.6 is 7.75 Å². The number of nitrogens with zero attached hydrogens (tertiary/aromatic N) is 1. The maximum Gasteiger partial charge on any atom is 0.515 e. The average Bonchev–Trinajstić information content (AvgIpc) is 2.67. The molecule has 32 heavy (non-hydrogen) atoms. The molecule has 1 unspecified atom stereocenters. The van der Waals surface area contributed by atoms with Crippen molar-refractivity contribution in [2.24, 2.45) is 5.92 Å². The molecule has 0 aromatic heterocycles. The van der Waals surface area contributed by atoms with E-state index in [4.69, 9.17) is 13.8 Å². The molecule has 2 rings (SSSR count). The van der Waals surface area contributed by atoms with Crippen molar-refractivity contribution < 1.29 is 41.2 Å². The van der Waals surface area contributed by atoms with Gasteiger partial charge in [-0.3, -0.25) is 14.9 Å². The molecule has 1 heterocycles. The van der Waals surface area contributed by atoms with E-state index in [0.717, 1.165) is 0 Å². The summed E-state index contributed by atoms with van der Waals surface area (Å²) in [5, 5.41) is 15.9. The van der Waals surface area contributed by atoms with Crippen LogP contribution in [0.5, 0.6) is 5.75 Å². The van der Waals surface area contributed by atoms with Gasteiger partial charge in [-0.15, -0.1) is 0 Å². The van der Waals surface area contributed by atoms with E-state index >= 15 is 0 Å². The Morgan fingerprint density at radius 1 is 1.25 bits per heavy atom. The second-order valence-corrected chi connectivity index (χ2v) is 8.80. The summed E-state index contributed by atoms with van der Waals surface area (Å²) in [7, 11) is -4.56. The molecule has 0 saturated heterocycles. The fourth-order valence-electron chi connectivity index (χ4n) is 2.63. The summed E-state index contributed by atoms with van der Waals surface area (Å²) in [6.45, 7) is 3.76. The van der Waals surface area contributed by atoms with E-state index < -0.39 is 67.4 Å². The first-order valence-electron chi connectivity index (χ1n) is 9.51. The van der Waals surface area contributed by atoms with Gasteiger partial charge in [0, 0.05) is 6.54 Å². The van der Waals surface area contributed by atoms with Gasteiger partial charge in [-0.2, -0.15) is 18.3 Å². The second-order valence-electron chi connectivity index (χ2n) is 7.19. The number of para-hydroxylation sites is 1. The molecule has 0 fully saturated rings. The standard InChI is InChI=1S/C18H23F3N3O7P/c1-11(2)29-17(25)12(3)23-32(28,30-14-7-5-4-6-8-14)31-16-15(24(26)27)9-13(10-22-16)18(19,20)21/h4-8,11-13,22H,9-10H2,1-3H3,(H,23,28)/t12-,13+,32?/m0/s1. The zero-order chi connectivity index (χ0) is 24.1. The van der Waals surface area contributed by atoms with Gasteiger partial charge in [0.1, 0.15) is 11.8 Å². The van der Waals surface area contributed by atoms with Gasteiger partial charge in [-0.05, 0) is 32.9 Å². The van der Waals surface area contributed by atoms with Gasteiger partial charge >= 0.3 is 25.6 Å². The minimum absolute atomic E-state index is 0.0278. The Kier molecular flexibility index (Phi) is 8.13. The van der Waals surface area contributed by atoms with Crippen LogP contribution in [-0.2, 0) is 18.6 Å². The molecule has 1 aromatic carbocycles. The number of ether oxygens (including phenoxy) is 1. The highest BCUT2D eigenvalue weighted by Crippen LogP contribution is 2.48. The van der Waals surface area contributed by atoms with Crippen molar-refractivity contribution in [3.05, 3.63) is 52.0 Å². The summed E-state index contributed by atoms with van der Waals surface area (Å²) in [5.41, 5.74) is -0.949. The van der Waals surface area contributed by atoms with Crippen LogP contribution in [0, 0.1) is 16.0 Å². The molecule has 0 aliphatic carbocycles. The Balaban J connectivity index is 2.35. The van der Waals surface area contributed by atoms with E-state index in [0.29, 0.717) is 0 Å². The van der Waals surface area contributed by atoms with Crippen LogP contribution in [0.4, 0.5) is 13.2 Å². The van der Waals surface area contributed by atoms with Gasteiger partial charge < -0.3 is 19.1 Å². The highest BCUT2D eigenvalue weighted by atomic mass is 31.2. The van der Waals surface area contributed by atoms with Crippen molar-refractivity contribution in [2.45, 2.75) is 45.5 Å². The molecule has 178 valence electrons. The average molecular weight is 481 g/mol. The van der Waals surface area contributed by atoms with Crippen LogP contribution in [-0.4, -0.2) is 35.8 Å². The molecule has 10 nitrogen and oxygen atoms in total. The van der Waals surface area contributed by atoms with Gasteiger partial charge in [0.2, 0.25) is 0 Å². The molecule has 1 aromatic rings. The number of carbonyl (C=O) groups is 1. The lowest BCUT2D eigenvalue weighted by Gasteiger charge is -2.28. The maximum absolute atomic E-state index is 13.4. The fraction of sp³-hybridized carbons (Fsp3) is 0.500. The first-order chi connectivity index (χ1) is 14.8. The number of nitrogens with one attached hydrogen (secondary N) is 2. The molecule has 0 bridgehead atoms. The zero-order valence-electron chi connectivity index (χ0n) is 17.4. The third kappa shape index (κ3) is 7.13. The van der Waals surface area contributed by atoms with E-state index in [2.05, 4.69) is 10.4 Å². The fourth-order valence-corrected chi connectivity index (χ4v) is 4.16. The van der Waals surface area contributed by atoms with Crippen LogP contribution in [0.3, 0.4) is 0 Å². The molecular formula is C18H23F3N3O7P. The SMILES string of the molecule is CC(C)OC(=O)[C@H](C)NP(=O)(OC1=C([N+](=O)[O-])C[C@@H](C(F)(F)F)CN1)Oc1ccccc1. The van der Waals surface area contributed by atoms with Crippen LogP contribution in [0.2, 0.25) is 0 Å². The second kappa shape index (κ2) is 10.2. The van der Waals surface area contributed by atoms with Crippen molar-refractivity contribution in [3.63, 3.8) is 0 Å². The number of nitro groups is 1. The van der Waals surface area contributed by atoms with Crippen molar-refractivity contribution in [1.29, 1.82) is 0 Å². The summed E-state index contributed by atoms with van der Waals surface area (Å²) in [6, 6.07) is 6.31. The number of hydrogen-bond acceptors (Lipinski definition) is 8. The predicted molar refractivity (Wildman–Crippen MR) is 106 cm³/mol. The van der Waals surface area contributed by atoms with E-state index in [9.17, 15) is 32.6 Å². The Morgan fingerprint density at radius 2 is 1.88 bits per heavy atom. The third-order valence-corrected chi connectivity index (χ3v) is 5.71. The molecule has 3 atom stereocenters. The van der Waals surface area contributed by atoms with Crippen LogP contribution in [0.25, 0.3) is 0 Å². The Labute approximate surface area is 181 Å². The summed E-state index contributed by atoms with van der Waals surface area (Å²) >= 11 is 0. The smallest absolute Gasteiger partial charge is 0.462 e. The largest absolute Gasteiger partial charge is 0.515 e. The van der Waals surface area contributed by atoms with Crippen molar-refractivity contribution in [3.8, 4) is 5.75 Å². The molecule has 2 N–H and O–H groups in total. The molecule has 1 aliphatic heterocycles. The Morgan fingerprint density at radius 3 is 2.41 bits per heavy atom. The minimum Gasteiger partial charge on any atom is -0.462 e. The quantitative estimate of drug-likeness (QED) is 0.235. The predicted octanol–water partition coefficient (Wildman–Crippen LogP) is 3.74. The lowest BCUT2D eigenvalue weighted by molar-refractivity contribution is -0.435. The normalized spacial score (nSPS) is 19.5. The highest BCUT2D eigenvalue weighted by molar-refractivity contribution is 7.52. The lowest BCUT2D eigenvalue weighted by Crippen LogP contribution is -2.41. The number of allylic oxidation sites excluding steroid dienone is 1. The minimum atomic E-state index is -4.68. The van der Waals surface area contributed by atoms with Gasteiger partial charge in [0.25, 0.3) is 5.88 Å². The number of benzene rings is 1. The van der Waals surface area contributed by atoms with Gasteiger partial charge in [0.15, 0.2) is 0 Å². The van der Waals surface area contributed by atoms with E-state index in [1.165, 1.54) is 19.1 Å². The molecule has 0 amide bonds. The molecule has 0 spiro atoms. The first kappa shape index (κ1) is 25.5. The molecule has 0 saturated carbocycles. The third-order valence-electron chi connectivity index (χ3n) is 4.13. The number of rotatable bonds is 9. The zero-order valence-corrected chi connectivity index (χ0v) is 18.3. The Hall–Kier alpha value is -2.79. The number of carbonyl (C=O) groups excluding carboxylic acids is 1. The highest BCUT2D eigenvalue weighted by Gasteiger charge is 2.47. The topological polar surface area (TPSA) is 129 Å². The van der Waals surface area contributed by atoms with Gasteiger partial charge in [-0.1, -0.05) is 18.2 Å². The van der Waals surface area contributed by atoms with Crippen LogP contribution < -0.4 is 14.9 Å². The summed E-state index contributed by atoms with van der Waals surface area (Å²) < 4.78 is 68.1. The van der Waals surface area contributed by atoms with E-state index in [1.807, 2.05) is 0 Å². The summed E-state index contributed by atoms with van der Waals surface area (Å²) in [5.74, 6) is -3.55. The monoisotopic (exact) mass is 481 g/mol. The maximum atomic E-state index is 13.4. The first-order valence-corrected chi connectivity index (χ1v) is 11.1. The molecule has 1 aliphatic rings. The number of halogens is 3. The van der Waals surface area contributed by atoms with Crippen molar-refractivity contribution in [2.75, 3.05) is 6.54 Å². The number of hydrogen-bond donors (Lipinski definition) is 2. The van der Waals surface area contributed by atoms with Gasteiger partial charge in [0.05, 0.1) is 23.4 Å². The van der Waals surface area contributed by atoms with E-state index in [-0.39, 0.29) is 5.75 Å². The van der Waals surface area contributed by atoms with Gasteiger partial charge in [-0.25, -0.2) is 4.57 Å². The molecule has 14 heteroatoms. The number of esters is 1. The summed E-state index contributed by atoms with van der Waals surface area (Å²) in [4.78, 5) is 22.4. The molecule has 0 radical (unpaired) electrons. The van der Waals surface area contributed by atoms with Crippen molar-refractivity contribution in [1.82, 2.24) is 10.4 Å². The molecular weight excluding hydrogens is 458 g/mol. The van der Waals surface area contributed by atoms with E-state index in [1.54, 1.807) is 32.0 Å². The van der Waals surface area contributed by atoms with Crippen molar-refractivity contribution >= 4 is 13.7 Å². The number of alkyl halides is 3. The summed E-state index contributed by atoms with van der Waals surface area (Å²) in [6.07, 6.45) is -6.16. The van der Waals surface area contributed by atoms with Crippen LogP contribution in [0.15, 0.2) is 41.9 Å². The lowest BCUT2D eigenvalue weighted by atomic mass is 10.0. The Bertz CT molecular complexity index is 909.